The van der Waals surface area contributed by atoms with Crippen molar-refractivity contribution in [2.75, 3.05) is 0 Å². The summed E-state index contributed by atoms with van der Waals surface area (Å²) in [5.41, 5.74) is 3.55. The standard InChI is InChI=1S/C16H24N4.C2H6/c1-3-4-8-15-9-16(19(2)18-15)14-10-17-20(12-14)11-13-6-5-7-13;1-2/h9-10,12-13H,3-8,11H2,1-2H3;1-2H3. The molecule has 0 aromatic carbocycles. The maximum Gasteiger partial charge on any atom is 0.0713 e. The molecule has 0 unspecified atom stereocenters. The van der Waals surface area contributed by atoms with E-state index in [1.165, 1.54) is 49.1 Å². The Kier molecular flexibility index (Phi) is 6.22. The topological polar surface area (TPSA) is 35.6 Å². The Balaban J connectivity index is 0.000000847. The minimum atomic E-state index is 0.842. The Hall–Kier alpha value is -1.58. The zero-order chi connectivity index (χ0) is 15.9. The van der Waals surface area contributed by atoms with Crippen LogP contribution >= 0.6 is 0 Å². The van der Waals surface area contributed by atoms with Crippen LogP contribution in [-0.2, 0) is 20.0 Å². The summed E-state index contributed by atoms with van der Waals surface area (Å²) in [5.74, 6) is 0.842. The molecule has 0 radical (unpaired) electrons. The zero-order valence-electron chi connectivity index (χ0n) is 14.5. The molecule has 3 rings (SSSR count). The Bertz CT molecular complexity index is 563. The van der Waals surface area contributed by atoms with Crippen LogP contribution in [0.2, 0.25) is 0 Å². The van der Waals surface area contributed by atoms with Crippen molar-refractivity contribution in [3.05, 3.63) is 24.2 Å². The van der Waals surface area contributed by atoms with Gasteiger partial charge in [0.15, 0.2) is 0 Å². The fraction of sp³-hybridized carbons (Fsp3) is 0.667. The summed E-state index contributed by atoms with van der Waals surface area (Å²) in [6.07, 6.45) is 11.7. The van der Waals surface area contributed by atoms with Gasteiger partial charge >= 0.3 is 0 Å². The second-order valence-electron chi connectivity index (χ2n) is 6.00. The fourth-order valence-electron chi connectivity index (χ4n) is 2.81. The molecule has 2 aromatic heterocycles. The highest BCUT2D eigenvalue weighted by molar-refractivity contribution is 5.57. The Labute approximate surface area is 134 Å². The number of hydrogen-bond acceptors (Lipinski definition) is 2. The predicted molar refractivity (Wildman–Crippen MR) is 91.7 cm³/mol. The van der Waals surface area contributed by atoms with E-state index in [2.05, 4.69) is 34.1 Å². The van der Waals surface area contributed by atoms with Gasteiger partial charge in [-0.25, -0.2) is 0 Å². The van der Waals surface area contributed by atoms with Gasteiger partial charge in [-0.05, 0) is 37.7 Å². The van der Waals surface area contributed by atoms with Crippen molar-refractivity contribution in [2.24, 2.45) is 13.0 Å². The van der Waals surface area contributed by atoms with Gasteiger partial charge in [0, 0.05) is 25.4 Å². The lowest BCUT2D eigenvalue weighted by atomic mass is 9.85. The number of aryl methyl sites for hydroxylation is 2. The average molecular weight is 302 g/mol. The maximum atomic E-state index is 4.60. The van der Waals surface area contributed by atoms with E-state index >= 15 is 0 Å². The highest BCUT2D eigenvalue weighted by Crippen LogP contribution is 2.28. The van der Waals surface area contributed by atoms with Gasteiger partial charge in [-0.3, -0.25) is 9.36 Å². The summed E-state index contributed by atoms with van der Waals surface area (Å²) in [6.45, 7) is 7.29. The summed E-state index contributed by atoms with van der Waals surface area (Å²) in [6, 6.07) is 2.21. The molecule has 0 atom stereocenters. The van der Waals surface area contributed by atoms with Crippen molar-refractivity contribution in [2.45, 2.75) is 65.8 Å². The van der Waals surface area contributed by atoms with E-state index in [0.717, 1.165) is 18.9 Å². The monoisotopic (exact) mass is 302 g/mol. The minimum absolute atomic E-state index is 0.842. The lowest BCUT2D eigenvalue weighted by molar-refractivity contribution is 0.266. The molecule has 2 aromatic rings. The van der Waals surface area contributed by atoms with E-state index < -0.39 is 0 Å². The van der Waals surface area contributed by atoms with Gasteiger partial charge < -0.3 is 0 Å². The average Bonchev–Trinajstić information content (AvgIpc) is 3.09. The molecule has 0 amide bonds. The van der Waals surface area contributed by atoms with E-state index in [0.29, 0.717) is 0 Å². The van der Waals surface area contributed by atoms with E-state index in [1.807, 2.05) is 31.8 Å². The third kappa shape index (κ3) is 3.99. The maximum absolute atomic E-state index is 4.60. The first kappa shape index (κ1) is 16.8. The van der Waals surface area contributed by atoms with Gasteiger partial charge in [-0.15, -0.1) is 0 Å². The quantitative estimate of drug-likeness (QED) is 0.790. The fourth-order valence-corrected chi connectivity index (χ4v) is 2.81. The molecule has 0 bridgehead atoms. The molecule has 1 fully saturated rings. The van der Waals surface area contributed by atoms with Crippen molar-refractivity contribution < 1.29 is 0 Å². The van der Waals surface area contributed by atoms with Crippen LogP contribution in [0.15, 0.2) is 18.5 Å². The number of unbranched alkanes of at least 4 members (excludes halogenated alkanes) is 1. The first-order valence-corrected chi connectivity index (χ1v) is 8.82. The summed E-state index contributed by atoms with van der Waals surface area (Å²) in [4.78, 5) is 0. The van der Waals surface area contributed by atoms with Crippen LogP contribution in [0.5, 0.6) is 0 Å². The minimum Gasteiger partial charge on any atom is -0.272 e. The van der Waals surface area contributed by atoms with Crippen molar-refractivity contribution in [3.63, 3.8) is 0 Å². The van der Waals surface area contributed by atoms with Crippen molar-refractivity contribution >= 4 is 0 Å². The van der Waals surface area contributed by atoms with Gasteiger partial charge in [-0.2, -0.15) is 10.2 Å². The Morgan fingerprint density at radius 3 is 2.68 bits per heavy atom. The molecule has 0 N–H and O–H groups in total. The van der Waals surface area contributed by atoms with Gasteiger partial charge in [-0.1, -0.05) is 33.6 Å². The second kappa shape index (κ2) is 8.16. The first-order valence-electron chi connectivity index (χ1n) is 8.82. The molecule has 4 nitrogen and oxygen atoms in total. The Morgan fingerprint density at radius 2 is 2.05 bits per heavy atom. The molecular weight excluding hydrogens is 272 g/mol. The molecular formula is C18H30N4. The van der Waals surface area contributed by atoms with E-state index in [4.69, 9.17) is 0 Å². The first-order chi connectivity index (χ1) is 10.8. The SMILES string of the molecule is CC.CCCCc1cc(-c2cnn(CC3CCC3)c2)n(C)n1. The number of aromatic nitrogens is 4. The van der Waals surface area contributed by atoms with Gasteiger partial charge in [0.25, 0.3) is 0 Å². The molecule has 0 spiro atoms. The number of hydrogen-bond donors (Lipinski definition) is 0. The van der Waals surface area contributed by atoms with Gasteiger partial charge in [0.05, 0.1) is 17.6 Å². The molecule has 1 aliphatic carbocycles. The lowest BCUT2D eigenvalue weighted by Gasteiger charge is -2.24. The number of rotatable bonds is 6. The normalized spacial score (nSPS) is 14.4. The van der Waals surface area contributed by atoms with E-state index in [-0.39, 0.29) is 0 Å². The van der Waals surface area contributed by atoms with E-state index in [1.54, 1.807) is 0 Å². The molecule has 1 saturated carbocycles. The largest absolute Gasteiger partial charge is 0.272 e. The second-order valence-corrected chi connectivity index (χ2v) is 6.00. The summed E-state index contributed by atoms with van der Waals surface area (Å²) >= 11 is 0. The molecule has 122 valence electrons. The van der Waals surface area contributed by atoms with Crippen LogP contribution in [0.4, 0.5) is 0 Å². The highest BCUT2D eigenvalue weighted by atomic mass is 15.3. The van der Waals surface area contributed by atoms with Gasteiger partial charge in [0.2, 0.25) is 0 Å². The molecule has 22 heavy (non-hydrogen) atoms. The van der Waals surface area contributed by atoms with Crippen molar-refractivity contribution in [3.8, 4) is 11.3 Å². The molecule has 4 heteroatoms. The molecule has 0 aliphatic heterocycles. The number of nitrogens with zero attached hydrogens (tertiary/aromatic N) is 4. The van der Waals surface area contributed by atoms with Crippen LogP contribution in [0.3, 0.4) is 0 Å². The van der Waals surface area contributed by atoms with Crippen molar-refractivity contribution in [1.29, 1.82) is 0 Å². The highest BCUT2D eigenvalue weighted by Gasteiger charge is 2.18. The lowest BCUT2D eigenvalue weighted by Crippen LogP contribution is -2.18. The molecule has 2 heterocycles. The predicted octanol–water partition coefficient (Wildman–Crippen LogP) is 4.45. The zero-order valence-corrected chi connectivity index (χ0v) is 14.5. The summed E-state index contributed by atoms with van der Waals surface area (Å²) < 4.78 is 4.08. The van der Waals surface area contributed by atoms with Crippen LogP contribution in [-0.4, -0.2) is 19.6 Å². The van der Waals surface area contributed by atoms with Crippen LogP contribution in [0, 0.1) is 5.92 Å². The van der Waals surface area contributed by atoms with Crippen LogP contribution in [0.25, 0.3) is 11.3 Å². The molecule has 0 saturated heterocycles. The summed E-state index contributed by atoms with van der Waals surface area (Å²) in [5, 5.41) is 9.10. The van der Waals surface area contributed by atoms with Crippen molar-refractivity contribution in [1.82, 2.24) is 19.6 Å². The summed E-state index contributed by atoms with van der Waals surface area (Å²) in [7, 11) is 2.02. The molecule has 1 aliphatic rings. The van der Waals surface area contributed by atoms with Crippen LogP contribution < -0.4 is 0 Å². The van der Waals surface area contributed by atoms with Crippen LogP contribution in [0.1, 0.15) is 58.6 Å². The Morgan fingerprint density at radius 1 is 1.27 bits per heavy atom. The van der Waals surface area contributed by atoms with E-state index in [9.17, 15) is 0 Å². The third-order valence-corrected chi connectivity index (χ3v) is 4.32. The smallest absolute Gasteiger partial charge is 0.0713 e. The van der Waals surface area contributed by atoms with Gasteiger partial charge in [0.1, 0.15) is 0 Å². The third-order valence-electron chi connectivity index (χ3n) is 4.32.